The van der Waals surface area contributed by atoms with E-state index >= 15 is 0 Å². The minimum absolute atomic E-state index is 0.406. The van der Waals surface area contributed by atoms with E-state index in [2.05, 4.69) is 30.8 Å². The van der Waals surface area contributed by atoms with Crippen molar-refractivity contribution in [2.75, 3.05) is 40.3 Å². The summed E-state index contributed by atoms with van der Waals surface area (Å²) < 4.78 is 0. The van der Waals surface area contributed by atoms with Gasteiger partial charge >= 0.3 is 0 Å². The number of rotatable bonds is 0. The van der Waals surface area contributed by atoms with Crippen molar-refractivity contribution in [1.82, 2.24) is 9.80 Å². The standard InChI is InChI=1S/C7H16N2.C6H13N/c1-6-3-4-9(2)5-7(6)8;1-7-5-3-2-4-6-7/h6-7H,3-5,8H2,1-2H3;2-6H2,1H3. The highest BCUT2D eigenvalue weighted by molar-refractivity contribution is 4.78. The van der Waals surface area contributed by atoms with Gasteiger partial charge in [0.2, 0.25) is 0 Å². The molecule has 0 aromatic rings. The molecule has 0 spiro atoms. The summed E-state index contributed by atoms with van der Waals surface area (Å²) in [6.45, 7) is 7.16. The van der Waals surface area contributed by atoms with Gasteiger partial charge in [0.1, 0.15) is 0 Å². The van der Waals surface area contributed by atoms with Crippen LogP contribution in [0.4, 0.5) is 0 Å². The Balaban J connectivity index is 0.000000165. The largest absolute Gasteiger partial charge is 0.326 e. The van der Waals surface area contributed by atoms with Crippen molar-refractivity contribution in [1.29, 1.82) is 0 Å². The zero-order valence-electron chi connectivity index (χ0n) is 11.3. The molecule has 0 radical (unpaired) electrons. The fraction of sp³-hybridized carbons (Fsp3) is 1.00. The molecule has 2 N–H and O–H groups in total. The van der Waals surface area contributed by atoms with Gasteiger partial charge in [-0.15, -0.1) is 0 Å². The van der Waals surface area contributed by atoms with Crippen LogP contribution in [0.2, 0.25) is 0 Å². The zero-order chi connectivity index (χ0) is 12.0. The Kier molecular flexibility index (Phi) is 6.32. The Labute approximate surface area is 101 Å². The van der Waals surface area contributed by atoms with Crippen molar-refractivity contribution in [2.24, 2.45) is 11.7 Å². The lowest BCUT2D eigenvalue weighted by atomic mass is 9.95. The van der Waals surface area contributed by atoms with Crippen LogP contribution in [0.3, 0.4) is 0 Å². The predicted molar refractivity (Wildman–Crippen MR) is 70.6 cm³/mol. The molecule has 2 rings (SSSR count). The summed E-state index contributed by atoms with van der Waals surface area (Å²) in [6.07, 6.45) is 5.54. The van der Waals surface area contributed by atoms with Crippen molar-refractivity contribution in [3.8, 4) is 0 Å². The Morgan fingerprint density at radius 1 is 0.938 bits per heavy atom. The van der Waals surface area contributed by atoms with E-state index in [4.69, 9.17) is 5.73 Å². The Morgan fingerprint density at radius 2 is 1.56 bits per heavy atom. The van der Waals surface area contributed by atoms with Gasteiger partial charge in [-0.05, 0) is 58.9 Å². The van der Waals surface area contributed by atoms with E-state index in [1.165, 1.54) is 45.3 Å². The molecule has 0 amide bonds. The molecule has 0 aliphatic carbocycles. The zero-order valence-corrected chi connectivity index (χ0v) is 11.3. The summed E-state index contributed by atoms with van der Waals surface area (Å²) in [5, 5.41) is 0. The second kappa shape index (κ2) is 7.25. The SMILES string of the molecule is CC1CCN(C)CC1N.CN1CCCCC1. The average Bonchev–Trinajstić information content (AvgIpc) is 2.26. The third-order valence-corrected chi connectivity index (χ3v) is 3.80. The average molecular weight is 227 g/mol. The van der Waals surface area contributed by atoms with E-state index < -0.39 is 0 Å². The maximum absolute atomic E-state index is 5.83. The lowest BCUT2D eigenvalue weighted by molar-refractivity contribution is 0.201. The minimum Gasteiger partial charge on any atom is -0.326 e. The molecule has 3 nitrogen and oxygen atoms in total. The van der Waals surface area contributed by atoms with Crippen LogP contribution in [0, 0.1) is 5.92 Å². The van der Waals surface area contributed by atoms with Crippen LogP contribution < -0.4 is 5.73 Å². The molecule has 0 saturated carbocycles. The minimum atomic E-state index is 0.406. The predicted octanol–water partition coefficient (Wildman–Crippen LogP) is 1.39. The van der Waals surface area contributed by atoms with Gasteiger partial charge in [-0.3, -0.25) is 0 Å². The van der Waals surface area contributed by atoms with Crippen molar-refractivity contribution in [3.05, 3.63) is 0 Å². The van der Waals surface area contributed by atoms with Gasteiger partial charge in [0.05, 0.1) is 0 Å². The van der Waals surface area contributed by atoms with Crippen LogP contribution >= 0.6 is 0 Å². The molecule has 2 heterocycles. The quantitative estimate of drug-likeness (QED) is 0.679. The van der Waals surface area contributed by atoms with E-state index in [9.17, 15) is 0 Å². The van der Waals surface area contributed by atoms with Crippen molar-refractivity contribution >= 4 is 0 Å². The van der Waals surface area contributed by atoms with Crippen LogP contribution in [-0.2, 0) is 0 Å². The normalized spacial score (nSPS) is 33.0. The molecule has 2 fully saturated rings. The highest BCUT2D eigenvalue weighted by Crippen LogP contribution is 2.13. The van der Waals surface area contributed by atoms with Crippen molar-refractivity contribution in [2.45, 2.75) is 38.6 Å². The van der Waals surface area contributed by atoms with Gasteiger partial charge in [-0.25, -0.2) is 0 Å². The second-order valence-corrected chi connectivity index (χ2v) is 5.56. The van der Waals surface area contributed by atoms with E-state index in [1.54, 1.807) is 0 Å². The third-order valence-electron chi connectivity index (χ3n) is 3.80. The first-order chi connectivity index (χ1) is 7.59. The number of nitrogens with zero attached hydrogens (tertiary/aromatic N) is 2. The first kappa shape index (κ1) is 13.9. The van der Waals surface area contributed by atoms with Crippen molar-refractivity contribution in [3.63, 3.8) is 0 Å². The molecule has 3 heteroatoms. The molecule has 2 aliphatic heterocycles. The lowest BCUT2D eigenvalue weighted by Crippen LogP contribution is -2.45. The fourth-order valence-electron chi connectivity index (χ4n) is 2.32. The molecule has 0 aromatic heterocycles. The molecule has 16 heavy (non-hydrogen) atoms. The van der Waals surface area contributed by atoms with E-state index in [0.717, 1.165) is 12.5 Å². The number of likely N-dealkylation sites (tertiary alicyclic amines) is 2. The summed E-state index contributed by atoms with van der Waals surface area (Å²) in [5.41, 5.74) is 5.83. The smallest absolute Gasteiger partial charge is 0.0194 e. The summed E-state index contributed by atoms with van der Waals surface area (Å²) in [5.74, 6) is 0.723. The van der Waals surface area contributed by atoms with E-state index in [1.807, 2.05) is 0 Å². The van der Waals surface area contributed by atoms with Gasteiger partial charge in [0, 0.05) is 12.6 Å². The van der Waals surface area contributed by atoms with Gasteiger partial charge in [0.25, 0.3) is 0 Å². The third kappa shape index (κ3) is 5.28. The maximum Gasteiger partial charge on any atom is 0.0194 e. The molecule has 2 aliphatic rings. The van der Waals surface area contributed by atoms with Crippen LogP contribution in [-0.4, -0.2) is 56.1 Å². The summed E-state index contributed by atoms with van der Waals surface area (Å²) in [7, 11) is 4.32. The highest BCUT2D eigenvalue weighted by atomic mass is 15.1. The van der Waals surface area contributed by atoms with Crippen molar-refractivity contribution < 1.29 is 0 Å². The number of piperidine rings is 2. The Bertz CT molecular complexity index is 178. The summed E-state index contributed by atoms with van der Waals surface area (Å²) >= 11 is 0. The van der Waals surface area contributed by atoms with Gasteiger partial charge in [-0.2, -0.15) is 0 Å². The lowest BCUT2D eigenvalue weighted by Gasteiger charge is -2.32. The van der Waals surface area contributed by atoms with Gasteiger partial charge in [0.15, 0.2) is 0 Å². The van der Waals surface area contributed by atoms with E-state index in [0.29, 0.717) is 6.04 Å². The van der Waals surface area contributed by atoms with Crippen LogP contribution in [0.15, 0.2) is 0 Å². The molecule has 96 valence electrons. The Hall–Kier alpha value is -0.120. The van der Waals surface area contributed by atoms with Gasteiger partial charge in [-0.1, -0.05) is 13.3 Å². The molecular formula is C13H29N3. The summed E-state index contributed by atoms with van der Waals surface area (Å²) in [4.78, 5) is 4.69. The molecule has 0 bridgehead atoms. The molecule has 2 saturated heterocycles. The maximum atomic E-state index is 5.83. The van der Waals surface area contributed by atoms with Crippen LogP contribution in [0.1, 0.15) is 32.6 Å². The van der Waals surface area contributed by atoms with Crippen LogP contribution in [0.5, 0.6) is 0 Å². The highest BCUT2D eigenvalue weighted by Gasteiger charge is 2.19. The first-order valence-corrected chi connectivity index (χ1v) is 6.72. The number of nitrogens with two attached hydrogens (primary N) is 1. The number of hydrogen-bond acceptors (Lipinski definition) is 3. The topological polar surface area (TPSA) is 32.5 Å². The van der Waals surface area contributed by atoms with Crippen LogP contribution in [0.25, 0.3) is 0 Å². The number of likely N-dealkylation sites (N-methyl/N-ethyl adjacent to an activating group) is 1. The molecule has 2 unspecified atom stereocenters. The fourth-order valence-corrected chi connectivity index (χ4v) is 2.32. The monoisotopic (exact) mass is 227 g/mol. The number of hydrogen-bond donors (Lipinski definition) is 1. The van der Waals surface area contributed by atoms with Gasteiger partial charge < -0.3 is 15.5 Å². The Morgan fingerprint density at radius 3 is 1.94 bits per heavy atom. The second-order valence-electron chi connectivity index (χ2n) is 5.56. The molecule has 2 atom stereocenters. The summed E-state index contributed by atoms with van der Waals surface area (Å²) in [6, 6.07) is 0.406. The molecular weight excluding hydrogens is 198 g/mol. The van der Waals surface area contributed by atoms with E-state index in [-0.39, 0.29) is 0 Å². The molecule has 0 aromatic carbocycles. The first-order valence-electron chi connectivity index (χ1n) is 6.72.